The molecule has 1 aliphatic carbocycles. The van der Waals surface area contributed by atoms with E-state index in [2.05, 4.69) is 26.6 Å². The Morgan fingerprint density at radius 3 is 2.60 bits per heavy atom. The van der Waals surface area contributed by atoms with Gasteiger partial charge in [-0.15, -0.1) is 0 Å². The minimum absolute atomic E-state index is 0.0847. The van der Waals surface area contributed by atoms with Gasteiger partial charge in [-0.2, -0.15) is 0 Å². The van der Waals surface area contributed by atoms with Crippen LogP contribution >= 0.6 is 15.9 Å². The first kappa shape index (κ1) is 20.1. The Morgan fingerprint density at radius 1 is 1.36 bits per heavy atom. The second kappa shape index (κ2) is 9.45. The van der Waals surface area contributed by atoms with E-state index in [0.29, 0.717) is 22.4 Å². The van der Waals surface area contributed by atoms with Crippen molar-refractivity contribution in [2.24, 2.45) is 5.92 Å². The zero-order valence-electron chi connectivity index (χ0n) is 14.0. The minimum Gasteiger partial charge on any atom is -0.772 e. The van der Waals surface area contributed by atoms with Crippen LogP contribution in [-0.4, -0.2) is 27.7 Å². The molecule has 2 N–H and O–H groups in total. The Kier molecular flexibility index (Phi) is 7.58. The maximum atomic E-state index is 12.6. The topological polar surface area (TPSA) is 98.3 Å². The van der Waals surface area contributed by atoms with Gasteiger partial charge in [0.2, 0.25) is 5.91 Å². The van der Waals surface area contributed by atoms with Gasteiger partial charge in [-0.25, -0.2) is 4.79 Å². The van der Waals surface area contributed by atoms with Gasteiger partial charge in [0.1, 0.15) is 0 Å². The van der Waals surface area contributed by atoms with E-state index >= 15 is 0 Å². The average molecular weight is 430 g/mol. The van der Waals surface area contributed by atoms with Crippen LogP contribution in [0.4, 0.5) is 4.79 Å². The van der Waals surface area contributed by atoms with Crippen molar-refractivity contribution in [1.29, 1.82) is 0 Å². The Balaban J connectivity index is 2.23. The highest BCUT2D eigenvalue weighted by Gasteiger charge is 2.28. The lowest BCUT2D eigenvalue weighted by Gasteiger charge is -2.21. The van der Waals surface area contributed by atoms with Gasteiger partial charge in [0.15, 0.2) is 0 Å². The second-order valence-electron chi connectivity index (χ2n) is 6.31. The molecule has 0 heterocycles. The standard InChI is InChI=1S/C17H23BrN2O4S/c1-19-17(22)20-16(21)14(8-11-4-2-3-5-11)12-6-7-13(10-25(23)24)15(18)9-12/h6-7,9,11,14H,2-5,8,10H2,1H3,(H,23,24)(H2,19,20,21,22)/p-1. The summed E-state index contributed by atoms with van der Waals surface area (Å²) in [5, 5.41) is 4.75. The molecule has 138 valence electrons. The molecule has 8 heteroatoms. The summed E-state index contributed by atoms with van der Waals surface area (Å²) in [5.41, 5.74) is 1.42. The van der Waals surface area contributed by atoms with Gasteiger partial charge < -0.3 is 9.87 Å². The van der Waals surface area contributed by atoms with E-state index in [-0.39, 0.29) is 11.7 Å². The highest BCUT2D eigenvalue weighted by molar-refractivity contribution is 9.10. The number of hydrogen-bond donors (Lipinski definition) is 2. The normalized spacial score (nSPS) is 17.1. The van der Waals surface area contributed by atoms with Crippen LogP contribution in [0.3, 0.4) is 0 Å². The Labute approximate surface area is 158 Å². The summed E-state index contributed by atoms with van der Waals surface area (Å²) in [5.74, 6) is -0.395. The van der Waals surface area contributed by atoms with Crippen molar-refractivity contribution in [3.05, 3.63) is 33.8 Å². The molecule has 0 radical (unpaired) electrons. The maximum absolute atomic E-state index is 12.6. The van der Waals surface area contributed by atoms with Crippen LogP contribution in [0.2, 0.25) is 0 Å². The molecule has 1 aliphatic rings. The summed E-state index contributed by atoms with van der Waals surface area (Å²) < 4.78 is 22.5. The van der Waals surface area contributed by atoms with E-state index in [1.807, 2.05) is 0 Å². The van der Waals surface area contributed by atoms with Gasteiger partial charge in [0.25, 0.3) is 0 Å². The fourth-order valence-electron chi connectivity index (χ4n) is 3.26. The van der Waals surface area contributed by atoms with Crippen molar-refractivity contribution in [3.8, 4) is 0 Å². The van der Waals surface area contributed by atoms with E-state index in [4.69, 9.17) is 0 Å². The third-order valence-electron chi connectivity index (χ3n) is 4.58. The molecule has 1 aromatic carbocycles. The lowest BCUT2D eigenvalue weighted by Crippen LogP contribution is -2.40. The summed E-state index contributed by atoms with van der Waals surface area (Å²) >= 11 is 1.21. The lowest BCUT2D eigenvalue weighted by atomic mass is 9.87. The Morgan fingerprint density at radius 2 is 2.04 bits per heavy atom. The predicted molar refractivity (Wildman–Crippen MR) is 98.7 cm³/mol. The Hall–Kier alpha value is -1.25. The van der Waals surface area contributed by atoms with Crippen molar-refractivity contribution in [2.75, 3.05) is 7.05 Å². The quantitative estimate of drug-likeness (QED) is 0.678. The molecule has 6 nitrogen and oxygen atoms in total. The van der Waals surface area contributed by atoms with E-state index in [1.54, 1.807) is 18.2 Å². The van der Waals surface area contributed by atoms with E-state index in [9.17, 15) is 18.4 Å². The van der Waals surface area contributed by atoms with Crippen LogP contribution < -0.4 is 10.6 Å². The first-order chi connectivity index (χ1) is 11.9. The third-order valence-corrected chi connectivity index (χ3v) is 5.86. The summed E-state index contributed by atoms with van der Waals surface area (Å²) in [6, 6.07) is 4.74. The van der Waals surface area contributed by atoms with Crippen molar-refractivity contribution in [3.63, 3.8) is 0 Å². The molecule has 0 aliphatic heterocycles. The van der Waals surface area contributed by atoms with Crippen LogP contribution in [0.15, 0.2) is 22.7 Å². The van der Waals surface area contributed by atoms with E-state index in [0.717, 1.165) is 18.4 Å². The molecule has 0 saturated heterocycles. The second-order valence-corrected chi connectivity index (χ2v) is 8.06. The van der Waals surface area contributed by atoms with Crippen molar-refractivity contribution < 1.29 is 18.4 Å². The summed E-state index contributed by atoms with van der Waals surface area (Å²) in [6.45, 7) is 0. The summed E-state index contributed by atoms with van der Waals surface area (Å²) in [7, 11) is 1.46. The number of carbonyl (C=O) groups is 2. The molecule has 2 unspecified atom stereocenters. The van der Waals surface area contributed by atoms with Gasteiger partial charge in [0.05, 0.1) is 5.92 Å². The number of benzene rings is 1. The average Bonchev–Trinajstić information content (AvgIpc) is 3.07. The molecular formula is C17H22BrN2O4S-. The molecule has 3 amide bonds. The molecule has 0 bridgehead atoms. The van der Waals surface area contributed by atoms with Gasteiger partial charge in [0, 0.05) is 17.3 Å². The van der Waals surface area contributed by atoms with Gasteiger partial charge in [-0.1, -0.05) is 64.8 Å². The molecule has 1 fully saturated rings. The van der Waals surface area contributed by atoms with Gasteiger partial charge in [-0.05, 0) is 29.5 Å². The maximum Gasteiger partial charge on any atom is 0.321 e. The van der Waals surface area contributed by atoms with Crippen LogP contribution in [0.1, 0.15) is 49.1 Å². The largest absolute Gasteiger partial charge is 0.772 e. The smallest absolute Gasteiger partial charge is 0.321 e. The number of carbonyl (C=O) groups excluding carboxylic acids is 2. The van der Waals surface area contributed by atoms with Crippen LogP contribution in [0.5, 0.6) is 0 Å². The summed E-state index contributed by atoms with van der Waals surface area (Å²) in [6.07, 6.45) is 5.22. The lowest BCUT2D eigenvalue weighted by molar-refractivity contribution is -0.121. The molecule has 2 rings (SSSR count). The summed E-state index contributed by atoms with van der Waals surface area (Å²) in [4.78, 5) is 24.1. The number of halogens is 1. The molecule has 1 saturated carbocycles. The number of urea groups is 1. The van der Waals surface area contributed by atoms with E-state index in [1.165, 1.54) is 19.9 Å². The monoisotopic (exact) mass is 429 g/mol. The van der Waals surface area contributed by atoms with Crippen molar-refractivity contribution in [1.82, 2.24) is 10.6 Å². The van der Waals surface area contributed by atoms with Crippen molar-refractivity contribution in [2.45, 2.75) is 43.8 Å². The van der Waals surface area contributed by atoms with E-state index < -0.39 is 23.0 Å². The third kappa shape index (κ3) is 5.90. The van der Waals surface area contributed by atoms with Crippen molar-refractivity contribution >= 4 is 38.9 Å². The van der Waals surface area contributed by atoms with Crippen LogP contribution in [0.25, 0.3) is 0 Å². The highest BCUT2D eigenvalue weighted by atomic mass is 79.9. The molecule has 0 spiro atoms. The van der Waals surface area contributed by atoms with Crippen LogP contribution in [0, 0.1) is 5.92 Å². The predicted octanol–water partition coefficient (Wildman–Crippen LogP) is 2.95. The SMILES string of the molecule is CNC(=O)NC(=O)C(CC1CCCC1)c1ccc(CS(=O)[O-])c(Br)c1. The fraction of sp³-hybridized carbons (Fsp3) is 0.529. The minimum atomic E-state index is -2.18. The zero-order chi connectivity index (χ0) is 18.4. The first-order valence-electron chi connectivity index (χ1n) is 8.27. The highest BCUT2D eigenvalue weighted by Crippen LogP contribution is 2.35. The number of nitrogens with one attached hydrogen (secondary N) is 2. The number of hydrogen-bond acceptors (Lipinski definition) is 4. The molecule has 0 aromatic heterocycles. The fourth-order valence-corrected chi connectivity index (χ4v) is 4.49. The molecule has 25 heavy (non-hydrogen) atoms. The molecule has 1 aromatic rings. The van der Waals surface area contributed by atoms with Gasteiger partial charge >= 0.3 is 6.03 Å². The first-order valence-corrected chi connectivity index (χ1v) is 10.3. The van der Waals surface area contributed by atoms with Gasteiger partial charge in [-0.3, -0.25) is 14.3 Å². The zero-order valence-corrected chi connectivity index (χ0v) is 16.5. The number of rotatable bonds is 6. The number of imide groups is 1. The van der Waals surface area contributed by atoms with Crippen LogP contribution in [-0.2, 0) is 21.6 Å². The molecular weight excluding hydrogens is 408 g/mol. The molecule has 2 atom stereocenters. The Bertz CT molecular complexity index is 662. The number of amides is 3.